The Balaban J connectivity index is 0.000000818. The molecule has 9 heteroatoms. The topological polar surface area (TPSA) is 95.9 Å². The first-order valence-electron chi connectivity index (χ1n) is 16.3. The summed E-state index contributed by atoms with van der Waals surface area (Å²) in [6.07, 6.45) is 10.9. The van der Waals surface area contributed by atoms with Crippen LogP contribution in [0, 0.1) is 11.8 Å². The molecule has 0 spiro atoms. The summed E-state index contributed by atoms with van der Waals surface area (Å²) in [5, 5.41) is 10.8. The fourth-order valence-electron chi connectivity index (χ4n) is 6.33. The minimum absolute atomic E-state index is 0.0696. The third-order valence-corrected chi connectivity index (χ3v) is 11.1. The van der Waals surface area contributed by atoms with Gasteiger partial charge in [-0.3, -0.25) is 4.79 Å². The Morgan fingerprint density at radius 1 is 1.05 bits per heavy atom. The molecule has 2 heterocycles. The Morgan fingerprint density at radius 2 is 1.82 bits per heavy atom. The minimum atomic E-state index is -3.90. The number of anilines is 1. The lowest BCUT2D eigenvalue weighted by Crippen LogP contribution is -2.44. The van der Waals surface area contributed by atoms with Crippen LogP contribution < -0.4 is 14.4 Å². The molecule has 1 aliphatic carbocycles. The summed E-state index contributed by atoms with van der Waals surface area (Å²) in [4.78, 5) is 15.3. The number of nitrogens with one attached hydrogen (secondary N) is 1. The van der Waals surface area contributed by atoms with Crippen molar-refractivity contribution in [2.45, 2.75) is 96.3 Å². The van der Waals surface area contributed by atoms with Gasteiger partial charge >= 0.3 is 0 Å². The number of rotatable bonds is 5. The number of benzene rings is 2. The van der Waals surface area contributed by atoms with Crippen molar-refractivity contribution in [2.24, 2.45) is 11.8 Å². The van der Waals surface area contributed by atoms with Crippen molar-refractivity contribution in [3.8, 4) is 5.75 Å². The minimum Gasteiger partial charge on any atom is -0.491 e. The lowest BCUT2D eigenvalue weighted by atomic mass is 9.70. The number of nitrogens with zero attached hydrogens (tertiary/aromatic N) is 1. The first kappa shape index (κ1) is 34.3. The Bertz CT molecular complexity index is 1410. The van der Waals surface area contributed by atoms with E-state index >= 15 is 0 Å². The molecule has 0 radical (unpaired) electrons. The molecule has 5 rings (SSSR count). The molecule has 7 nitrogen and oxygen atoms in total. The number of allylic oxidation sites excluding steroid dienone is 1. The number of unbranched alkanes of at least 4 members (excludes halogenated alkanes) is 2. The smallest absolute Gasteiger partial charge is 0.264 e. The molecule has 1 saturated carbocycles. The molecule has 5 atom stereocenters. The number of hydrogen-bond acceptors (Lipinski definition) is 6. The zero-order valence-electron chi connectivity index (χ0n) is 26.6. The maximum Gasteiger partial charge on any atom is 0.264 e. The van der Waals surface area contributed by atoms with Crippen LogP contribution in [-0.2, 0) is 16.4 Å². The van der Waals surface area contributed by atoms with Gasteiger partial charge in [0.25, 0.3) is 5.91 Å². The molecular weight excluding hydrogens is 596 g/mol. The van der Waals surface area contributed by atoms with Gasteiger partial charge in [0.15, 0.2) is 0 Å². The van der Waals surface area contributed by atoms with Crippen LogP contribution in [0.3, 0.4) is 0 Å². The van der Waals surface area contributed by atoms with Crippen LogP contribution >= 0.6 is 11.6 Å². The van der Waals surface area contributed by atoms with Crippen molar-refractivity contribution in [1.82, 2.24) is 4.72 Å². The molecule has 0 aromatic heterocycles. The third kappa shape index (κ3) is 8.38. The second kappa shape index (κ2) is 15.6. The molecule has 2 aromatic carbocycles. The fraction of sp³-hybridized carbons (Fsp3) is 0.571. The number of aliphatic hydroxyl groups is 1. The number of fused-ring (bicyclic) bond motifs is 2. The van der Waals surface area contributed by atoms with E-state index in [9.17, 15) is 18.3 Å². The number of carbonyl (C=O) groups is 1. The maximum absolute atomic E-state index is 13.1. The predicted octanol–water partition coefficient (Wildman–Crippen LogP) is 7.27. The van der Waals surface area contributed by atoms with E-state index in [0.717, 1.165) is 31.4 Å². The van der Waals surface area contributed by atoms with Gasteiger partial charge < -0.3 is 14.7 Å². The number of hydrogen-bond donors (Lipinski definition) is 2. The Morgan fingerprint density at radius 3 is 2.48 bits per heavy atom. The Kier molecular flexibility index (Phi) is 12.2. The van der Waals surface area contributed by atoms with Gasteiger partial charge in [0.1, 0.15) is 5.75 Å². The number of ether oxygens (including phenoxy) is 1. The van der Waals surface area contributed by atoms with Crippen LogP contribution in [0.15, 0.2) is 48.6 Å². The molecule has 44 heavy (non-hydrogen) atoms. The molecule has 3 aliphatic rings. The normalized spacial score (nSPS) is 27.0. The molecule has 1 fully saturated rings. The molecule has 242 valence electrons. The summed E-state index contributed by atoms with van der Waals surface area (Å²) < 4.78 is 34.3. The van der Waals surface area contributed by atoms with Crippen molar-refractivity contribution in [3.05, 3.63) is 70.3 Å². The number of sulfonamides is 1. The monoisotopic (exact) mass is 644 g/mol. The van der Waals surface area contributed by atoms with E-state index in [1.165, 1.54) is 30.4 Å². The summed E-state index contributed by atoms with van der Waals surface area (Å²) in [5.74, 6) is 0.435. The van der Waals surface area contributed by atoms with E-state index < -0.39 is 27.3 Å². The van der Waals surface area contributed by atoms with Crippen LogP contribution in [0.5, 0.6) is 5.75 Å². The molecule has 2 aromatic rings. The van der Waals surface area contributed by atoms with Crippen LogP contribution in [0.25, 0.3) is 0 Å². The zero-order chi connectivity index (χ0) is 31.9. The van der Waals surface area contributed by atoms with E-state index in [-0.39, 0.29) is 29.7 Å². The highest BCUT2D eigenvalue weighted by molar-refractivity contribution is 7.90. The van der Waals surface area contributed by atoms with Crippen molar-refractivity contribution in [3.63, 3.8) is 0 Å². The SMILES string of the molecule is CCCCC.CCCc1cc(Cl)ccc1C1COc2ccc3cc2N(C1)CC1CCC1C(O)/C=C\CC(C)S(=O)(=O)NC3=O. The Labute approximate surface area is 269 Å². The van der Waals surface area contributed by atoms with E-state index in [4.69, 9.17) is 16.3 Å². The van der Waals surface area contributed by atoms with Gasteiger partial charge in [0.2, 0.25) is 10.0 Å². The highest BCUT2D eigenvalue weighted by atomic mass is 35.5. The molecule has 2 bridgehead atoms. The lowest BCUT2D eigenvalue weighted by Gasteiger charge is -2.42. The Hall–Kier alpha value is -2.55. The average Bonchev–Trinajstić information content (AvgIpc) is 3.14. The first-order valence-corrected chi connectivity index (χ1v) is 18.2. The van der Waals surface area contributed by atoms with E-state index in [0.29, 0.717) is 30.5 Å². The first-order chi connectivity index (χ1) is 21.1. The highest BCUT2D eigenvalue weighted by Crippen LogP contribution is 2.42. The van der Waals surface area contributed by atoms with E-state index in [2.05, 4.69) is 36.5 Å². The maximum atomic E-state index is 13.1. The lowest BCUT2D eigenvalue weighted by molar-refractivity contribution is 0.0461. The number of amides is 1. The summed E-state index contributed by atoms with van der Waals surface area (Å²) in [7, 11) is -3.90. The van der Waals surface area contributed by atoms with E-state index in [1.54, 1.807) is 37.3 Å². The van der Waals surface area contributed by atoms with Crippen molar-refractivity contribution < 1.29 is 23.1 Å². The zero-order valence-corrected chi connectivity index (χ0v) is 28.2. The standard InChI is InChI=1S/C30H37ClN2O5S.C5H12/c1-3-5-20-14-24(31)10-12-25(20)23-17-33-16-22-8-11-26(22)28(34)7-4-6-19(2)39(36,37)32-30(35)21-9-13-29(38-18-23)27(33)15-21;1-3-5-4-2/h4,7,9-10,12-15,19,22-23,26,28,34H,3,5-6,8,11,16-18H2,1-2H3,(H,32,35);3-5H2,1-2H3/b7-4-;. The summed E-state index contributed by atoms with van der Waals surface area (Å²) in [6.45, 7) is 9.98. The van der Waals surface area contributed by atoms with Gasteiger partial charge in [-0.15, -0.1) is 0 Å². The summed E-state index contributed by atoms with van der Waals surface area (Å²) >= 11 is 6.35. The largest absolute Gasteiger partial charge is 0.491 e. The number of halogens is 1. The fourth-order valence-corrected chi connectivity index (χ4v) is 7.47. The molecular formula is C35H49ClN2O5S. The number of aliphatic hydroxyl groups excluding tert-OH is 1. The van der Waals surface area contributed by atoms with Crippen LogP contribution in [-0.4, -0.2) is 50.5 Å². The van der Waals surface area contributed by atoms with Gasteiger partial charge in [-0.1, -0.05) is 76.3 Å². The van der Waals surface area contributed by atoms with Crippen molar-refractivity contribution in [2.75, 3.05) is 24.6 Å². The molecule has 2 aliphatic heterocycles. The van der Waals surface area contributed by atoms with Crippen LogP contribution in [0.2, 0.25) is 5.02 Å². The highest BCUT2D eigenvalue weighted by Gasteiger charge is 2.38. The molecule has 0 saturated heterocycles. The van der Waals surface area contributed by atoms with Gasteiger partial charge in [0, 0.05) is 29.6 Å². The van der Waals surface area contributed by atoms with Gasteiger partial charge in [-0.25, -0.2) is 13.1 Å². The second-order valence-electron chi connectivity index (χ2n) is 12.5. The average molecular weight is 645 g/mol. The number of aryl methyl sites for hydroxylation is 1. The van der Waals surface area contributed by atoms with Crippen LogP contribution in [0.4, 0.5) is 5.69 Å². The van der Waals surface area contributed by atoms with Gasteiger partial charge in [-0.2, -0.15) is 0 Å². The summed E-state index contributed by atoms with van der Waals surface area (Å²) in [5.41, 5.74) is 3.46. The van der Waals surface area contributed by atoms with Crippen LogP contribution in [0.1, 0.15) is 100 Å². The third-order valence-electron chi connectivity index (χ3n) is 9.15. The number of carbonyl (C=O) groups excluding carboxylic acids is 1. The molecule has 5 unspecified atom stereocenters. The van der Waals surface area contributed by atoms with Gasteiger partial charge in [-0.05, 0) is 85.9 Å². The van der Waals surface area contributed by atoms with Gasteiger partial charge in [0.05, 0.1) is 23.6 Å². The molecule has 2 N–H and O–H groups in total. The second-order valence-corrected chi connectivity index (χ2v) is 15.0. The van der Waals surface area contributed by atoms with Crippen molar-refractivity contribution in [1.29, 1.82) is 0 Å². The van der Waals surface area contributed by atoms with Crippen molar-refractivity contribution >= 4 is 33.2 Å². The molecule has 1 amide bonds. The van der Waals surface area contributed by atoms with E-state index in [1.807, 2.05) is 12.1 Å². The quantitative estimate of drug-likeness (QED) is 0.333. The predicted molar refractivity (Wildman–Crippen MR) is 179 cm³/mol. The summed E-state index contributed by atoms with van der Waals surface area (Å²) in [6, 6.07) is 11.2.